The van der Waals surface area contributed by atoms with Gasteiger partial charge in [0.1, 0.15) is 0 Å². The van der Waals surface area contributed by atoms with E-state index in [1.165, 1.54) is 49.4 Å². The second-order valence-electron chi connectivity index (χ2n) is 5.83. The predicted octanol–water partition coefficient (Wildman–Crippen LogP) is 2.02. The quantitative estimate of drug-likeness (QED) is 0.614. The first-order valence-electron chi connectivity index (χ1n) is 7.12. The lowest BCUT2D eigenvalue weighted by Gasteiger charge is -2.42. The van der Waals surface area contributed by atoms with Gasteiger partial charge in [0.15, 0.2) is 0 Å². The van der Waals surface area contributed by atoms with E-state index in [4.69, 9.17) is 10.6 Å². The van der Waals surface area contributed by atoms with Crippen LogP contribution in [0.2, 0.25) is 0 Å². The highest BCUT2D eigenvalue weighted by Gasteiger charge is 2.44. The summed E-state index contributed by atoms with van der Waals surface area (Å²) < 4.78 is 6.12. The Bertz CT molecular complexity index is 278. The normalized spacial score (nSPS) is 42.5. The average Bonchev–Trinajstić information content (AvgIpc) is 3.03. The van der Waals surface area contributed by atoms with Crippen molar-refractivity contribution in [2.45, 2.75) is 49.0 Å². The number of hydrazine groups is 1. The maximum Gasteiger partial charge on any atom is 0.0783 e. The van der Waals surface area contributed by atoms with Gasteiger partial charge in [-0.05, 0) is 49.5 Å². The zero-order valence-electron chi connectivity index (χ0n) is 10.9. The molecular formula is C13H24N2OS2. The minimum absolute atomic E-state index is 0.186. The third kappa shape index (κ3) is 2.70. The van der Waals surface area contributed by atoms with Gasteiger partial charge >= 0.3 is 0 Å². The molecule has 4 atom stereocenters. The molecule has 3 heterocycles. The summed E-state index contributed by atoms with van der Waals surface area (Å²) in [5.41, 5.74) is 3.32. The molecule has 3 fully saturated rings. The van der Waals surface area contributed by atoms with Crippen molar-refractivity contribution in [3.8, 4) is 0 Å². The number of thioether (sulfide) groups is 2. The highest BCUT2D eigenvalue weighted by atomic mass is 32.2. The summed E-state index contributed by atoms with van der Waals surface area (Å²) in [5.74, 6) is 10.3. The molecule has 18 heavy (non-hydrogen) atoms. The highest BCUT2D eigenvalue weighted by Crippen LogP contribution is 2.43. The van der Waals surface area contributed by atoms with E-state index in [-0.39, 0.29) is 5.60 Å². The zero-order valence-corrected chi connectivity index (χ0v) is 12.5. The molecule has 0 saturated carbocycles. The van der Waals surface area contributed by atoms with Crippen molar-refractivity contribution in [2.75, 3.05) is 23.9 Å². The van der Waals surface area contributed by atoms with Crippen LogP contribution < -0.4 is 11.3 Å². The van der Waals surface area contributed by atoms with Gasteiger partial charge in [-0.1, -0.05) is 0 Å². The summed E-state index contributed by atoms with van der Waals surface area (Å²) in [6.07, 6.45) is 6.32. The molecule has 0 bridgehead atoms. The van der Waals surface area contributed by atoms with Gasteiger partial charge in [-0.2, -0.15) is 23.5 Å². The number of nitrogens with one attached hydrogen (secondary N) is 1. The molecule has 0 aromatic heterocycles. The van der Waals surface area contributed by atoms with Crippen molar-refractivity contribution < 1.29 is 4.74 Å². The minimum atomic E-state index is 0.186. The largest absolute Gasteiger partial charge is 0.374 e. The molecule has 0 amide bonds. The first kappa shape index (κ1) is 13.6. The Hall–Kier alpha value is 0.580. The van der Waals surface area contributed by atoms with Crippen molar-refractivity contribution in [2.24, 2.45) is 11.8 Å². The summed E-state index contributed by atoms with van der Waals surface area (Å²) in [6.45, 7) is 0.931. The Kier molecular flexibility index (Phi) is 4.46. The molecule has 0 radical (unpaired) electrons. The smallest absolute Gasteiger partial charge is 0.0783 e. The predicted molar refractivity (Wildman–Crippen MR) is 79.9 cm³/mol. The fraction of sp³-hybridized carbons (Fsp3) is 1.00. The summed E-state index contributed by atoms with van der Waals surface area (Å²) in [7, 11) is 0. The Balaban J connectivity index is 1.66. The monoisotopic (exact) mass is 288 g/mol. The number of hydrogen-bond donors (Lipinski definition) is 2. The van der Waals surface area contributed by atoms with Gasteiger partial charge in [0.25, 0.3) is 0 Å². The van der Waals surface area contributed by atoms with Crippen LogP contribution in [-0.4, -0.2) is 40.8 Å². The summed E-state index contributed by atoms with van der Waals surface area (Å²) in [6, 6.07) is 0.490. The number of hydrogen-bond acceptors (Lipinski definition) is 5. The van der Waals surface area contributed by atoms with Gasteiger partial charge in [-0.3, -0.25) is 11.3 Å². The van der Waals surface area contributed by atoms with E-state index in [1.807, 2.05) is 0 Å². The lowest BCUT2D eigenvalue weighted by atomic mass is 9.80. The summed E-state index contributed by atoms with van der Waals surface area (Å²) in [4.78, 5) is 0. The summed E-state index contributed by atoms with van der Waals surface area (Å²) in [5, 5.41) is 0.726. The number of rotatable bonds is 3. The Morgan fingerprint density at radius 1 is 1.33 bits per heavy atom. The van der Waals surface area contributed by atoms with Gasteiger partial charge in [-0.25, -0.2) is 0 Å². The average molecular weight is 288 g/mol. The first-order valence-corrected chi connectivity index (χ1v) is 9.33. The van der Waals surface area contributed by atoms with Crippen molar-refractivity contribution in [3.05, 3.63) is 0 Å². The van der Waals surface area contributed by atoms with Crippen LogP contribution in [0, 0.1) is 5.92 Å². The maximum atomic E-state index is 6.12. The Morgan fingerprint density at radius 2 is 2.28 bits per heavy atom. The van der Waals surface area contributed by atoms with Crippen LogP contribution in [-0.2, 0) is 4.74 Å². The topological polar surface area (TPSA) is 47.3 Å². The fourth-order valence-corrected chi connectivity index (χ4v) is 6.52. The van der Waals surface area contributed by atoms with Crippen LogP contribution in [0.15, 0.2) is 0 Å². The van der Waals surface area contributed by atoms with Gasteiger partial charge < -0.3 is 4.74 Å². The maximum absolute atomic E-state index is 6.12. The van der Waals surface area contributed by atoms with E-state index < -0.39 is 0 Å². The second kappa shape index (κ2) is 5.92. The van der Waals surface area contributed by atoms with Crippen LogP contribution >= 0.6 is 23.5 Å². The standard InChI is InChI=1S/C13H24N2OS2/c14-15-12(11-2-1-6-18-11)10-3-5-16-13(8-10)4-7-17-9-13/h10-12,15H,1-9,14H2. The van der Waals surface area contributed by atoms with Crippen LogP contribution in [0.4, 0.5) is 0 Å². The molecule has 3 nitrogen and oxygen atoms in total. The van der Waals surface area contributed by atoms with Crippen LogP contribution in [0.5, 0.6) is 0 Å². The third-order valence-corrected chi connectivity index (χ3v) is 7.37. The lowest BCUT2D eigenvalue weighted by Crippen LogP contribution is -2.52. The van der Waals surface area contributed by atoms with Gasteiger partial charge in [0.2, 0.25) is 0 Å². The minimum Gasteiger partial charge on any atom is -0.374 e. The Labute approximate surface area is 118 Å². The molecule has 0 aromatic carbocycles. The molecule has 3 aliphatic rings. The molecule has 3 aliphatic heterocycles. The lowest BCUT2D eigenvalue weighted by molar-refractivity contribution is -0.0851. The van der Waals surface area contributed by atoms with Crippen molar-refractivity contribution in [3.63, 3.8) is 0 Å². The Morgan fingerprint density at radius 3 is 2.94 bits per heavy atom. The zero-order chi connectivity index (χ0) is 12.4. The summed E-state index contributed by atoms with van der Waals surface area (Å²) >= 11 is 4.16. The SMILES string of the molecule is NNC(C1CCOC2(CCSC2)C1)C1CCCS1. The van der Waals surface area contributed by atoms with E-state index in [1.54, 1.807) is 0 Å². The molecule has 1 spiro atoms. The molecule has 3 saturated heterocycles. The van der Waals surface area contributed by atoms with E-state index in [2.05, 4.69) is 28.9 Å². The van der Waals surface area contributed by atoms with Gasteiger partial charge in [0, 0.05) is 23.7 Å². The molecule has 5 heteroatoms. The van der Waals surface area contributed by atoms with Crippen molar-refractivity contribution in [1.82, 2.24) is 5.43 Å². The second-order valence-corrected chi connectivity index (χ2v) is 8.28. The van der Waals surface area contributed by atoms with Crippen molar-refractivity contribution in [1.29, 1.82) is 0 Å². The number of ether oxygens (including phenoxy) is 1. The molecular weight excluding hydrogens is 264 g/mol. The van der Waals surface area contributed by atoms with E-state index in [9.17, 15) is 0 Å². The van der Waals surface area contributed by atoms with E-state index in [0.717, 1.165) is 11.9 Å². The van der Waals surface area contributed by atoms with Gasteiger partial charge in [0.05, 0.1) is 5.60 Å². The van der Waals surface area contributed by atoms with Crippen LogP contribution in [0.25, 0.3) is 0 Å². The van der Waals surface area contributed by atoms with Crippen molar-refractivity contribution >= 4 is 23.5 Å². The molecule has 0 aliphatic carbocycles. The molecule has 0 aromatic rings. The molecule has 3 N–H and O–H groups in total. The number of nitrogens with two attached hydrogens (primary N) is 1. The fourth-order valence-electron chi connectivity index (χ4n) is 3.67. The van der Waals surface area contributed by atoms with Crippen LogP contribution in [0.3, 0.4) is 0 Å². The first-order chi connectivity index (χ1) is 8.83. The van der Waals surface area contributed by atoms with Crippen LogP contribution in [0.1, 0.15) is 32.1 Å². The highest BCUT2D eigenvalue weighted by molar-refractivity contribution is 8.00. The molecule has 3 rings (SSSR count). The molecule has 104 valence electrons. The van der Waals surface area contributed by atoms with Gasteiger partial charge in [-0.15, -0.1) is 0 Å². The van der Waals surface area contributed by atoms with E-state index >= 15 is 0 Å². The van der Waals surface area contributed by atoms with E-state index in [0.29, 0.717) is 12.0 Å². The third-order valence-electron chi connectivity index (χ3n) is 4.66. The molecule has 4 unspecified atom stereocenters.